The maximum absolute atomic E-state index is 12.0. The SMILES string of the molecule is O=C(CC1CCCCO1)N1CC(O)(C2CC2)C1. The van der Waals surface area contributed by atoms with Crippen molar-refractivity contribution in [3.05, 3.63) is 0 Å². The summed E-state index contributed by atoms with van der Waals surface area (Å²) in [7, 11) is 0. The van der Waals surface area contributed by atoms with Gasteiger partial charge in [-0.3, -0.25) is 4.79 Å². The minimum absolute atomic E-state index is 0.117. The van der Waals surface area contributed by atoms with Gasteiger partial charge in [-0.15, -0.1) is 0 Å². The molecule has 4 nitrogen and oxygen atoms in total. The van der Waals surface area contributed by atoms with E-state index in [4.69, 9.17) is 4.74 Å². The van der Waals surface area contributed by atoms with Gasteiger partial charge in [0.1, 0.15) is 5.60 Å². The molecule has 3 fully saturated rings. The molecule has 1 N–H and O–H groups in total. The summed E-state index contributed by atoms with van der Waals surface area (Å²) < 4.78 is 5.57. The van der Waals surface area contributed by atoms with Crippen LogP contribution in [0.1, 0.15) is 38.5 Å². The number of hydrogen-bond donors (Lipinski definition) is 1. The van der Waals surface area contributed by atoms with Gasteiger partial charge in [-0.2, -0.15) is 0 Å². The minimum atomic E-state index is -0.552. The largest absolute Gasteiger partial charge is 0.386 e. The summed E-state index contributed by atoms with van der Waals surface area (Å²) in [5.74, 6) is 0.611. The maximum Gasteiger partial charge on any atom is 0.225 e. The van der Waals surface area contributed by atoms with Gasteiger partial charge in [0.2, 0.25) is 5.91 Å². The summed E-state index contributed by atoms with van der Waals surface area (Å²) in [5.41, 5.74) is -0.552. The number of amides is 1. The van der Waals surface area contributed by atoms with Crippen LogP contribution in [0.5, 0.6) is 0 Å². The van der Waals surface area contributed by atoms with Crippen LogP contribution >= 0.6 is 0 Å². The Balaban J connectivity index is 1.44. The van der Waals surface area contributed by atoms with Crippen molar-refractivity contribution >= 4 is 5.91 Å². The first-order chi connectivity index (χ1) is 8.17. The van der Waals surface area contributed by atoms with Gasteiger partial charge in [-0.25, -0.2) is 0 Å². The molecule has 4 heteroatoms. The molecule has 96 valence electrons. The molecular weight excluding hydrogens is 218 g/mol. The molecule has 2 aliphatic heterocycles. The molecule has 2 heterocycles. The highest BCUT2D eigenvalue weighted by molar-refractivity contribution is 5.78. The summed E-state index contributed by atoms with van der Waals surface area (Å²) in [5, 5.41) is 10.1. The van der Waals surface area contributed by atoms with Crippen LogP contribution in [0.4, 0.5) is 0 Å². The highest BCUT2D eigenvalue weighted by Gasteiger charge is 2.53. The Bertz CT molecular complexity index is 302. The van der Waals surface area contributed by atoms with E-state index in [0.717, 1.165) is 32.3 Å². The number of aliphatic hydroxyl groups is 1. The third-order valence-electron chi connectivity index (χ3n) is 4.30. The Hall–Kier alpha value is -0.610. The second kappa shape index (κ2) is 4.25. The number of hydrogen-bond acceptors (Lipinski definition) is 3. The van der Waals surface area contributed by atoms with Crippen molar-refractivity contribution in [2.75, 3.05) is 19.7 Å². The van der Waals surface area contributed by atoms with E-state index in [1.807, 2.05) is 0 Å². The Labute approximate surface area is 102 Å². The average molecular weight is 239 g/mol. The van der Waals surface area contributed by atoms with E-state index in [1.54, 1.807) is 4.90 Å². The standard InChI is InChI=1S/C13H21NO3/c15-12(7-11-3-1-2-6-17-11)14-8-13(16,9-14)10-4-5-10/h10-11,16H,1-9H2. The van der Waals surface area contributed by atoms with Crippen molar-refractivity contribution in [2.45, 2.75) is 50.2 Å². The fourth-order valence-electron chi connectivity index (χ4n) is 2.96. The summed E-state index contributed by atoms with van der Waals surface area (Å²) in [6.07, 6.45) is 6.17. The van der Waals surface area contributed by atoms with Crippen LogP contribution in [0.15, 0.2) is 0 Å². The third kappa shape index (κ3) is 2.33. The van der Waals surface area contributed by atoms with Crippen LogP contribution in [-0.4, -0.2) is 47.3 Å². The van der Waals surface area contributed by atoms with Crippen LogP contribution in [0.2, 0.25) is 0 Å². The quantitative estimate of drug-likeness (QED) is 0.797. The van der Waals surface area contributed by atoms with Gasteiger partial charge < -0.3 is 14.7 Å². The molecular formula is C13H21NO3. The lowest BCUT2D eigenvalue weighted by Gasteiger charge is -2.47. The van der Waals surface area contributed by atoms with Crippen molar-refractivity contribution in [3.63, 3.8) is 0 Å². The topological polar surface area (TPSA) is 49.8 Å². The maximum atomic E-state index is 12.0. The Morgan fingerprint density at radius 3 is 2.65 bits per heavy atom. The molecule has 0 aromatic heterocycles. The van der Waals surface area contributed by atoms with Gasteiger partial charge in [-0.05, 0) is 38.0 Å². The first-order valence-electron chi connectivity index (χ1n) is 6.79. The zero-order valence-electron chi connectivity index (χ0n) is 10.2. The molecule has 0 aromatic rings. The Kier molecular flexibility index (Phi) is 2.87. The van der Waals surface area contributed by atoms with Crippen LogP contribution < -0.4 is 0 Å². The van der Waals surface area contributed by atoms with Crippen molar-refractivity contribution < 1.29 is 14.6 Å². The van der Waals surface area contributed by atoms with Crippen molar-refractivity contribution in [2.24, 2.45) is 5.92 Å². The van der Waals surface area contributed by atoms with Crippen LogP contribution in [0.25, 0.3) is 0 Å². The molecule has 2 saturated heterocycles. The molecule has 0 radical (unpaired) electrons. The Morgan fingerprint density at radius 2 is 2.06 bits per heavy atom. The number of ether oxygens (including phenoxy) is 1. The number of likely N-dealkylation sites (tertiary alicyclic amines) is 1. The lowest BCUT2D eigenvalue weighted by molar-refractivity contribution is -0.162. The molecule has 1 saturated carbocycles. The van der Waals surface area contributed by atoms with Crippen molar-refractivity contribution in [1.29, 1.82) is 0 Å². The second-order valence-electron chi connectivity index (χ2n) is 5.82. The smallest absolute Gasteiger partial charge is 0.225 e. The summed E-state index contributed by atoms with van der Waals surface area (Å²) in [6, 6.07) is 0. The molecule has 1 aliphatic carbocycles. The number of nitrogens with zero attached hydrogens (tertiary/aromatic N) is 1. The van der Waals surface area contributed by atoms with Gasteiger partial charge in [0, 0.05) is 6.61 Å². The fourth-order valence-corrected chi connectivity index (χ4v) is 2.96. The molecule has 1 atom stereocenters. The zero-order valence-corrected chi connectivity index (χ0v) is 10.2. The number of rotatable bonds is 3. The lowest BCUT2D eigenvalue weighted by Crippen LogP contribution is -2.65. The molecule has 1 amide bonds. The van der Waals surface area contributed by atoms with E-state index in [9.17, 15) is 9.90 Å². The highest BCUT2D eigenvalue weighted by atomic mass is 16.5. The Morgan fingerprint density at radius 1 is 1.29 bits per heavy atom. The lowest BCUT2D eigenvalue weighted by atomic mass is 9.88. The van der Waals surface area contributed by atoms with E-state index in [-0.39, 0.29) is 12.0 Å². The predicted molar refractivity (Wildman–Crippen MR) is 62.5 cm³/mol. The van der Waals surface area contributed by atoms with Crippen LogP contribution in [-0.2, 0) is 9.53 Å². The highest BCUT2D eigenvalue weighted by Crippen LogP contribution is 2.44. The van der Waals surface area contributed by atoms with E-state index < -0.39 is 5.60 Å². The third-order valence-corrected chi connectivity index (χ3v) is 4.30. The summed E-state index contributed by atoms with van der Waals surface area (Å²) >= 11 is 0. The van der Waals surface area contributed by atoms with Crippen LogP contribution in [0, 0.1) is 5.92 Å². The minimum Gasteiger partial charge on any atom is -0.386 e. The molecule has 3 rings (SSSR count). The number of β-amino-alcohol motifs (C(OH)–C–C–N with tert-alkyl or cyclic N) is 1. The normalized spacial score (nSPS) is 32.1. The average Bonchev–Trinajstić information content (AvgIpc) is 3.10. The molecule has 0 aromatic carbocycles. The van der Waals surface area contributed by atoms with Gasteiger partial charge in [0.25, 0.3) is 0 Å². The van der Waals surface area contributed by atoms with E-state index in [0.29, 0.717) is 25.4 Å². The van der Waals surface area contributed by atoms with Gasteiger partial charge in [0.15, 0.2) is 0 Å². The zero-order chi connectivity index (χ0) is 11.9. The first kappa shape index (κ1) is 11.5. The van der Waals surface area contributed by atoms with E-state index in [2.05, 4.69) is 0 Å². The molecule has 17 heavy (non-hydrogen) atoms. The summed E-state index contributed by atoms with van der Waals surface area (Å²) in [4.78, 5) is 13.7. The molecule has 1 unspecified atom stereocenters. The predicted octanol–water partition coefficient (Wildman–Crippen LogP) is 0.929. The molecule has 0 spiro atoms. The number of carbonyl (C=O) groups is 1. The monoisotopic (exact) mass is 239 g/mol. The number of carbonyl (C=O) groups excluding carboxylic acids is 1. The second-order valence-corrected chi connectivity index (χ2v) is 5.82. The van der Waals surface area contributed by atoms with Gasteiger partial charge in [-0.1, -0.05) is 0 Å². The van der Waals surface area contributed by atoms with Crippen molar-refractivity contribution in [1.82, 2.24) is 4.90 Å². The van der Waals surface area contributed by atoms with Gasteiger partial charge in [0.05, 0.1) is 25.6 Å². The van der Waals surface area contributed by atoms with E-state index in [1.165, 1.54) is 6.42 Å². The fraction of sp³-hybridized carbons (Fsp3) is 0.923. The molecule has 0 bridgehead atoms. The molecule has 3 aliphatic rings. The van der Waals surface area contributed by atoms with Gasteiger partial charge >= 0.3 is 0 Å². The first-order valence-corrected chi connectivity index (χ1v) is 6.79. The van der Waals surface area contributed by atoms with E-state index >= 15 is 0 Å². The van der Waals surface area contributed by atoms with Crippen LogP contribution in [0.3, 0.4) is 0 Å². The summed E-state index contributed by atoms with van der Waals surface area (Å²) in [6.45, 7) is 1.89. The van der Waals surface area contributed by atoms with Crippen molar-refractivity contribution in [3.8, 4) is 0 Å².